The molecule has 2 saturated carbocycles. The maximum atomic E-state index is 13.2. The van der Waals surface area contributed by atoms with Crippen molar-refractivity contribution in [2.24, 2.45) is 17.8 Å². The lowest BCUT2D eigenvalue weighted by molar-refractivity contribution is -0.139. The molecule has 128 valence electrons. The summed E-state index contributed by atoms with van der Waals surface area (Å²) in [6, 6.07) is 0.571. The van der Waals surface area contributed by atoms with Gasteiger partial charge < -0.3 is 4.90 Å². The summed E-state index contributed by atoms with van der Waals surface area (Å²) in [6.07, 6.45) is 17.2. The molecule has 0 aromatic heterocycles. The second-order valence-corrected chi connectivity index (χ2v) is 9.20. The number of carbonyl (C=O) groups is 1. The Morgan fingerprint density at radius 3 is 2.57 bits per heavy atom. The Morgan fingerprint density at radius 2 is 1.70 bits per heavy atom. The summed E-state index contributed by atoms with van der Waals surface area (Å²) in [5.41, 5.74) is 0. The molecule has 0 aromatic rings. The van der Waals surface area contributed by atoms with Crippen molar-refractivity contribution in [3.05, 3.63) is 11.0 Å². The molecule has 2 nitrogen and oxygen atoms in total. The number of thioether (sulfide) groups is 1. The van der Waals surface area contributed by atoms with Crippen LogP contribution in [-0.2, 0) is 4.79 Å². The van der Waals surface area contributed by atoms with Gasteiger partial charge in [0.15, 0.2) is 0 Å². The van der Waals surface area contributed by atoms with E-state index < -0.39 is 0 Å². The zero-order chi connectivity index (χ0) is 15.6. The third-order valence-corrected chi connectivity index (χ3v) is 7.97. The first-order chi connectivity index (χ1) is 11.3. The fourth-order valence-electron chi connectivity index (χ4n) is 5.38. The molecule has 0 bridgehead atoms. The highest BCUT2D eigenvalue weighted by Crippen LogP contribution is 2.43. The number of likely N-dealkylation sites (tertiary alicyclic amines) is 1. The molecule has 23 heavy (non-hydrogen) atoms. The molecule has 1 saturated heterocycles. The summed E-state index contributed by atoms with van der Waals surface area (Å²) in [7, 11) is 0. The zero-order valence-corrected chi connectivity index (χ0v) is 15.2. The summed E-state index contributed by atoms with van der Waals surface area (Å²) < 4.78 is 0. The standard InChI is InChI=1S/C20H31NOS/c22-20(21-12-6-10-15-7-4-5-11-18(15)21)17-13-19(23-14-17)16-8-2-1-3-9-16/h13,15-18H,1-12,14H2. The van der Waals surface area contributed by atoms with E-state index in [-0.39, 0.29) is 5.92 Å². The molecule has 3 atom stereocenters. The third-order valence-electron chi connectivity index (χ3n) is 6.65. The molecule has 1 amide bonds. The number of fused-ring (bicyclic) bond motifs is 1. The molecule has 0 spiro atoms. The monoisotopic (exact) mass is 333 g/mol. The van der Waals surface area contributed by atoms with Gasteiger partial charge in [-0.1, -0.05) is 38.2 Å². The number of nitrogens with zero attached hydrogens (tertiary/aromatic N) is 1. The highest BCUT2D eigenvalue weighted by Gasteiger charge is 2.39. The van der Waals surface area contributed by atoms with E-state index in [4.69, 9.17) is 0 Å². The quantitative estimate of drug-likeness (QED) is 0.709. The van der Waals surface area contributed by atoms with Crippen molar-refractivity contribution < 1.29 is 4.79 Å². The highest BCUT2D eigenvalue weighted by atomic mass is 32.2. The van der Waals surface area contributed by atoms with Crippen molar-refractivity contribution in [2.45, 2.75) is 76.7 Å². The van der Waals surface area contributed by atoms with E-state index in [1.165, 1.54) is 70.6 Å². The van der Waals surface area contributed by atoms with Crippen LogP contribution in [0.4, 0.5) is 0 Å². The van der Waals surface area contributed by atoms with Crippen molar-refractivity contribution in [1.82, 2.24) is 4.90 Å². The molecule has 2 heterocycles. The average molecular weight is 334 g/mol. The molecule has 0 N–H and O–H groups in total. The highest BCUT2D eigenvalue weighted by molar-refractivity contribution is 8.03. The van der Waals surface area contributed by atoms with Gasteiger partial charge in [0.25, 0.3) is 0 Å². The van der Waals surface area contributed by atoms with E-state index in [0.29, 0.717) is 11.9 Å². The molecule has 3 unspecified atom stereocenters. The second-order valence-electron chi connectivity index (χ2n) is 8.11. The Bertz CT molecular complexity index is 466. The van der Waals surface area contributed by atoms with Gasteiger partial charge in [0.1, 0.15) is 0 Å². The van der Waals surface area contributed by atoms with E-state index in [9.17, 15) is 4.79 Å². The predicted octanol–water partition coefficient (Wildman–Crippen LogP) is 4.99. The van der Waals surface area contributed by atoms with Crippen LogP contribution in [0.1, 0.15) is 70.6 Å². The SMILES string of the molecule is O=C(C1C=C(C2CCCCC2)SC1)N1CCCC2CCCCC21. The molecule has 3 heteroatoms. The van der Waals surface area contributed by atoms with Gasteiger partial charge in [0, 0.05) is 18.3 Å². The van der Waals surface area contributed by atoms with Gasteiger partial charge in [0.05, 0.1) is 5.92 Å². The van der Waals surface area contributed by atoms with Gasteiger partial charge >= 0.3 is 0 Å². The predicted molar refractivity (Wildman–Crippen MR) is 97.3 cm³/mol. The van der Waals surface area contributed by atoms with Crippen molar-refractivity contribution in [2.75, 3.05) is 12.3 Å². The fraction of sp³-hybridized carbons (Fsp3) is 0.850. The summed E-state index contributed by atoms with van der Waals surface area (Å²) in [5.74, 6) is 3.23. The lowest BCUT2D eigenvalue weighted by Gasteiger charge is -2.44. The summed E-state index contributed by atoms with van der Waals surface area (Å²) in [6.45, 7) is 1.02. The van der Waals surface area contributed by atoms with Crippen LogP contribution in [0.5, 0.6) is 0 Å². The minimum atomic E-state index is 0.178. The topological polar surface area (TPSA) is 20.3 Å². The van der Waals surface area contributed by atoms with Crippen LogP contribution in [0.2, 0.25) is 0 Å². The van der Waals surface area contributed by atoms with Gasteiger partial charge in [-0.15, -0.1) is 11.8 Å². The number of hydrogen-bond donors (Lipinski definition) is 0. The van der Waals surface area contributed by atoms with Crippen LogP contribution in [0, 0.1) is 17.8 Å². The van der Waals surface area contributed by atoms with E-state index >= 15 is 0 Å². The van der Waals surface area contributed by atoms with Gasteiger partial charge in [-0.05, 0) is 55.3 Å². The van der Waals surface area contributed by atoms with Crippen LogP contribution < -0.4 is 0 Å². The number of carbonyl (C=O) groups excluding carboxylic acids is 1. The third kappa shape index (κ3) is 3.36. The Balaban J connectivity index is 1.43. The smallest absolute Gasteiger partial charge is 0.230 e. The average Bonchev–Trinajstić information content (AvgIpc) is 3.11. The minimum Gasteiger partial charge on any atom is -0.339 e. The zero-order valence-electron chi connectivity index (χ0n) is 14.3. The van der Waals surface area contributed by atoms with Gasteiger partial charge in [-0.2, -0.15) is 0 Å². The molecular formula is C20H31NOS. The van der Waals surface area contributed by atoms with Crippen molar-refractivity contribution in [3.63, 3.8) is 0 Å². The molecule has 4 rings (SSSR count). The first kappa shape index (κ1) is 16.1. The Kier molecular flexibility index (Phi) is 5.03. The van der Waals surface area contributed by atoms with E-state index in [1.54, 1.807) is 4.91 Å². The first-order valence-corrected chi connectivity index (χ1v) is 11.0. The number of rotatable bonds is 2. The van der Waals surface area contributed by atoms with E-state index in [1.807, 2.05) is 11.8 Å². The summed E-state index contributed by atoms with van der Waals surface area (Å²) >= 11 is 1.99. The normalized spacial score (nSPS) is 35.7. The molecule has 4 aliphatic rings. The van der Waals surface area contributed by atoms with Gasteiger partial charge in [-0.3, -0.25) is 4.79 Å². The lowest BCUT2D eigenvalue weighted by Crippen LogP contribution is -2.51. The van der Waals surface area contributed by atoms with Gasteiger partial charge in [0.2, 0.25) is 5.91 Å². The Morgan fingerprint density at radius 1 is 0.957 bits per heavy atom. The minimum absolute atomic E-state index is 0.178. The first-order valence-electron chi connectivity index (χ1n) is 9.98. The summed E-state index contributed by atoms with van der Waals surface area (Å²) in [5, 5.41) is 0. The number of piperidine rings is 1. The summed E-state index contributed by atoms with van der Waals surface area (Å²) in [4.78, 5) is 17.0. The molecular weight excluding hydrogens is 302 g/mol. The fourth-order valence-corrected chi connectivity index (χ4v) is 6.72. The lowest BCUT2D eigenvalue weighted by atomic mass is 9.78. The largest absolute Gasteiger partial charge is 0.339 e. The Labute approximate surface area is 145 Å². The molecule has 2 aliphatic carbocycles. The van der Waals surface area contributed by atoms with Gasteiger partial charge in [-0.25, -0.2) is 0 Å². The molecule has 2 aliphatic heterocycles. The van der Waals surface area contributed by atoms with Crippen LogP contribution in [0.25, 0.3) is 0 Å². The maximum Gasteiger partial charge on any atom is 0.230 e. The van der Waals surface area contributed by atoms with Crippen molar-refractivity contribution >= 4 is 17.7 Å². The number of amides is 1. The molecule has 3 fully saturated rings. The number of hydrogen-bond acceptors (Lipinski definition) is 2. The maximum absolute atomic E-state index is 13.2. The van der Waals surface area contributed by atoms with Crippen LogP contribution in [0.15, 0.2) is 11.0 Å². The van der Waals surface area contributed by atoms with Crippen LogP contribution in [-0.4, -0.2) is 29.1 Å². The van der Waals surface area contributed by atoms with Crippen molar-refractivity contribution in [3.8, 4) is 0 Å². The van der Waals surface area contributed by atoms with E-state index in [2.05, 4.69) is 11.0 Å². The number of allylic oxidation sites excluding steroid dienone is 1. The van der Waals surface area contributed by atoms with E-state index in [0.717, 1.165) is 24.1 Å². The van der Waals surface area contributed by atoms with Crippen molar-refractivity contribution in [1.29, 1.82) is 0 Å². The molecule has 0 radical (unpaired) electrons. The van der Waals surface area contributed by atoms with Crippen LogP contribution in [0.3, 0.4) is 0 Å². The molecule has 0 aromatic carbocycles. The second kappa shape index (κ2) is 7.21. The Hall–Kier alpha value is -0.440. The van der Waals surface area contributed by atoms with Crippen LogP contribution >= 0.6 is 11.8 Å².